The van der Waals surface area contributed by atoms with Crippen LogP contribution in [-0.4, -0.2) is 50.3 Å². The molecule has 2 rings (SSSR count). The van der Waals surface area contributed by atoms with Crippen LogP contribution in [0.15, 0.2) is 0 Å². The van der Waals surface area contributed by atoms with E-state index in [1.54, 1.807) is 0 Å². The molecule has 0 bridgehead atoms. The van der Waals surface area contributed by atoms with Gasteiger partial charge in [0.05, 0.1) is 13.2 Å². The maximum absolute atomic E-state index is 5.69. The van der Waals surface area contributed by atoms with E-state index in [2.05, 4.69) is 31.0 Å². The number of hydrogen-bond donors (Lipinski definition) is 1. The molecule has 0 spiro atoms. The summed E-state index contributed by atoms with van der Waals surface area (Å²) in [5, 5.41) is 3.73. The van der Waals surface area contributed by atoms with Gasteiger partial charge >= 0.3 is 0 Å². The fourth-order valence-electron chi connectivity index (χ4n) is 4.36. The van der Waals surface area contributed by atoms with Crippen LogP contribution in [0.5, 0.6) is 0 Å². The predicted molar refractivity (Wildman–Crippen MR) is 89.7 cm³/mol. The summed E-state index contributed by atoms with van der Waals surface area (Å²) in [5.74, 6) is 0.892. The molecule has 21 heavy (non-hydrogen) atoms. The largest absolute Gasteiger partial charge is 0.378 e. The molecule has 1 aliphatic carbocycles. The average Bonchev–Trinajstić information content (AvgIpc) is 2.48. The van der Waals surface area contributed by atoms with Gasteiger partial charge < -0.3 is 10.1 Å². The first-order chi connectivity index (χ1) is 10.2. The minimum absolute atomic E-state index is 0.498. The third kappa shape index (κ3) is 4.94. The molecule has 3 atom stereocenters. The molecule has 3 unspecified atom stereocenters. The summed E-state index contributed by atoms with van der Waals surface area (Å²) in [4.78, 5) is 2.73. The second kappa shape index (κ2) is 8.50. The third-order valence-corrected chi connectivity index (χ3v) is 5.47. The molecule has 2 fully saturated rings. The fraction of sp³-hybridized carbons (Fsp3) is 1.00. The zero-order chi connectivity index (χ0) is 15.1. The van der Waals surface area contributed by atoms with E-state index in [0.29, 0.717) is 11.5 Å². The molecule has 1 N–H and O–H groups in total. The standard InChI is InChI=1S/C18H36N2O/c1-4-9-19-14-18(8-6-7-16(3)12-18)15-20-10-11-21-13-17(20)5-2/h16-17,19H,4-15H2,1-3H3. The number of hydrogen-bond acceptors (Lipinski definition) is 3. The topological polar surface area (TPSA) is 24.5 Å². The molecule has 1 aliphatic heterocycles. The van der Waals surface area contributed by atoms with Gasteiger partial charge in [0.1, 0.15) is 0 Å². The first-order valence-corrected chi connectivity index (χ1v) is 9.21. The van der Waals surface area contributed by atoms with Gasteiger partial charge in [-0.1, -0.05) is 33.6 Å². The van der Waals surface area contributed by atoms with Crippen LogP contribution in [0.2, 0.25) is 0 Å². The molecule has 0 aromatic rings. The summed E-state index contributed by atoms with van der Waals surface area (Å²) in [5.41, 5.74) is 0.498. The van der Waals surface area contributed by atoms with Gasteiger partial charge in [0.2, 0.25) is 0 Å². The molecule has 0 aromatic heterocycles. The van der Waals surface area contributed by atoms with Crippen LogP contribution in [-0.2, 0) is 4.74 Å². The van der Waals surface area contributed by atoms with Crippen molar-refractivity contribution in [2.45, 2.75) is 65.3 Å². The molecule has 2 aliphatic rings. The van der Waals surface area contributed by atoms with E-state index in [4.69, 9.17) is 4.74 Å². The highest BCUT2D eigenvalue weighted by Crippen LogP contribution is 2.40. The van der Waals surface area contributed by atoms with Crippen molar-refractivity contribution in [1.29, 1.82) is 0 Å². The fourth-order valence-corrected chi connectivity index (χ4v) is 4.36. The second-order valence-corrected chi connectivity index (χ2v) is 7.49. The number of nitrogens with one attached hydrogen (secondary N) is 1. The average molecular weight is 296 g/mol. The van der Waals surface area contributed by atoms with E-state index in [1.807, 2.05) is 0 Å². The lowest BCUT2D eigenvalue weighted by atomic mass is 9.69. The first kappa shape index (κ1) is 17.2. The van der Waals surface area contributed by atoms with E-state index in [9.17, 15) is 0 Å². The molecular weight excluding hydrogens is 260 g/mol. The molecule has 1 saturated heterocycles. The highest BCUT2D eigenvalue weighted by Gasteiger charge is 2.38. The number of rotatable bonds is 7. The van der Waals surface area contributed by atoms with E-state index in [-0.39, 0.29) is 0 Å². The molecule has 124 valence electrons. The summed E-state index contributed by atoms with van der Waals surface area (Å²) >= 11 is 0. The van der Waals surface area contributed by atoms with Crippen molar-refractivity contribution in [2.24, 2.45) is 11.3 Å². The Kier molecular flexibility index (Phi) is 6.97. The highest BCUT2D eigenvalue weighted by atomic mass is 16.5. The van der Waals surface area contributed by atoms with E-state index >= 15 is 0 Å². The SMILES string of the molecule is CCCNCC1(CN2CCOCC2CC)CCCC(C)C1. The van der Waals surface area contributed by atoms with Crippen LogP contribution in [0.3, 0.4) is 0 Å². The number of nitrogens with zero attached hydrogens (tertiary/aromatic N) is 1. The van der Waals surface area contributed by atoms with Crippen molar-refractivity contribution in [1.82, 2.24) is 10.2 Å². The molecule has 1 heterocycles. The Labute approximate surface area is 131 Å². The minimum atomic E-state index is 0.498. The molecule has 3 heteroatoms. The Morgan fingerprint density at radius 3 is 2.90 bits per heavy atom. The zero-order valence-corrected chi connectivity index (χ0v) is 14.5. The maximum Gasteiger partial charge on any atom is 0.0622 e. The molecule has 1 saturated carbocycles. The Morgan fingerprint density at radius 1 is 1.33 bits per heavy atom. The summed E-state index contributed by atoms with van der Waals surface area (Å²) in [6.07, 6.45) is 8.10. The minimum Gasteiger partial charge on any atom is -0.378 e. The van der Waals surface area contributed by atoms with Crippen molar-refractivity contribution in [3.8, 4) is 0 Å². The van der Waals surface area contributed by atoms with Gasteiger partial charge in [0.15, 0.2) is 0 Å². The van der Waals surface area contributed by atoms with Gasteiger partial charge in [-0.15, -0.1) is 0 Å². The van der Waals surface area contributed by atoms with Gasteiger partial charge in [-0.05, 0) is 43.6 Å². The maximum atomic E-state index is 5.69. The quantitative estimate of drug-likeness (QED) is 0.730. The van der Waals surface area contributed by atoms with E-state index < -0.39 is 0 Å². The highest BCUT2D eigenvalue weighted by molar-refractivity contribution is 4.91. The summed E-state index contributed by atoms with van der Waals surface area (Å²) in [7, 11) is 0. The van der Waals surface area contributed by atoms with Crippen molar-refractivity contribution in [2.75, 3.05) is 39.4 Å². The Balaban J connectivity index is 1.99. The van der Waals surface area contributed by atoms with E-state index in [0.717, 1.165) is 32.2 Å². The van der Waals surface area contributed by atoms with Crippen molar-refractivity contribution in [3.63, 3.8) is 0 Å². The van der Waals surface area contributed by atoms with Crippen molar-refractivity contribution >= 4 is 0 Å². The molecule has 0 amide bonds. The molecule has 0 radical (unpaired) electrons. The second-order valence-electron chi connectivity index (χ2n) is 7.49. The van der Waals surface area contributed by atoms with Gasteiger partial charge in [-0.25, -0.2) is 0 Å². The Morgan fingerprint density at radius 2 is 2.19 bits per heavy atom. The van der Waals surface area contributed by atoms with Gasteiger partial charge in [-0.3, -0.25) is 4.90 Å². The van der Waals surface area contributed by atoms with Crippen LogP contribution >= 0.6 is 0 Å². The van der Waals surface area contributed by atoms with Gasteiger partial charge in [0.25, 0.3) is 0 Å². The van der Waals surface area contributed by atoms with Gasteiger partial charge in [-0.2, -0.15) is 0 Å². The van der Waals surface area contributed by atoms with Crippen molar-refractivity contribution in [3.05, 3.63) is 0 Å². The molecular formula is C18H36N2O. The lowest BCUT2D eigenvalue weighted by Gasteiger charge is -2.46. The van der Waals surface area contributed by atoms with Crippen LogP contribution in [0.4, 0.5) is 0 Å². The Bertz CT molecular complexity index is 297. The predicted octanol–water partition coefficient (Wildman–Crippen LogP) is 3.29. The van der Waals surface area contributed by atoms with Gasteiger partial charge in [0, 0.05) is 25.7 Å². The van der Waals surface area contributed by atoms with Crippen molar-refractivity contribution < 1.29 is 4.74 Å². The number of ether oxygens (including phenoxy) is 1. The van der Waals surface area contributed by atoms with E-state index in [1.165, 1.54) is 51.6 Å². The summed E-state index contributed by atoms with van der Waals surface area (Å²) < 4.78 is 5.69. The normalized spacial score (nSPS) is 35.0. The smallest absolute Gasteiger partial charge is 0.0622 e. The van der Waals surface area contributed by atoms with Crippen LogP contribution in [0, 0.1) is 11.3 Å². The van der Waals surface area contributed by atoms with Crippen LogP contribution in [0.25, 0.3) is 0 Å². The first-order valence-electron chi connectivity index (χ1n) is 9.21. The van der Waals surface area contributed by atoms with Crippen LogP contribution < -0.4 is 5.32 Å². The lowest BCUT2D eigenvalue weighted by Crippen LogP contribution is -2.53. The lowest BCUT2D eigenvalue weighted by molar-refractivity contribution is -0.0376. The Hall–Kier alpha value is -0.120. The third-order valence-electron chi connectivity index (χ3n) is 5.47. The van der Waals surface area contributed by atoms with Crippen LogP contribution in [0.1, 0.15) is 59.3 Å². The zero-order valence-electron chi connectivity index (χ0n) is 14.5. The number of morpholine rings is 1. The molecule has 0 aromatic carbocycles. The molecule has 3 nitrogen and oxygen atoms in total. The summed E-state index contributed by atoms with van der Waals surface area (Å²) in [6.45, 7) is 13.6. The summed E-state index contributed by atoms with van der Waals surface area (Å²) in [6, 6.07) is 0.638. The monoisotopic (exact) mass is 296 g/mol.